The summed E-state index contributed by atoms with van der Waals surface area (Å²) in [6, 6.07) is 1.97. The van der Waals surface area contributed by atoms with Gasteiger partial charge in [0.2, 0.25) is 11.8 Å². The Balaban J connectivity index is 1.67. The van der Waals surface area contributed by atoms with Crippen LogP contribution in [0.5, 0.6) is 0 Å². The van der Waals surface area contributed by atoms with Crippen molar-refractivity contribution in [3.63, 3.8) is 0 Å². The number of rotatable bonds is 5. The molecule has 1 aliphatic rings. The first-order chi connectivity index (χ1) is 11.2. The highest BCUT2D eigenvalue weighted by Crippen LogP contribution is 2.18. The van der Waals surface area contributed by atoms with Gasteiger partial charge in [-0.2, -0.15) is 4.98 Å². The summed E-state index contributed by atoms with van der Waals surface area (Å²) in [4.78, 5) is 15.6. The molecule has 1 atom stereocenters. The first-order valence-electron chi connectivity index (χ1n) is 8.16. The summed E-state index contributed by atoms with van der Waals surface area (Å²) in [7, 11) is 0. The summed E-state index contributed by atoms with van der Waals surface area (Å²) in [5, 5.41) is 4.00. The molecule has 7 nitrogen and oxygen atoms in total. The van der Waals surface area contributed by atoms with E-state index in [9.17, 15) is 0 Å². The molecule has 7 heteroatoms. The summed E-state index contributed by atoms with van der Waals surface area (Å²) in [6.07, 6.45) is 3.25. The molecule has 0 aliphatic carbocycles. The third-order valence-corrected chi connectivity index (χ3v) is 3.90. The molecule has 1 fully saturated rings. The topological polar surface area (TPSA) is 77.2 Å². The van der Waals surface area contributed by atoms with Gasteiger partial charge >= 0.3 is 0 Å². The van der Waals surface area contributed by atoms with Crippen molar-refractivity contribution in [2.24, 2.45) is 0 Å². The monoisotopic (exact) mass is 317 g/mol. The number of aromatic nitrogens is 4. The van der Waals surface area contributed by atoms with Crippen LogP contribution in [0.25, 0.3) is 0 Å². The van der Waals surface area contributed by atoms with E-state index in [2.05, 4.69) is 38.9 Å². The van der Waals surface area contributed by atoms with Crippen molar-refractivity contribution in [2.45, 2.75) is 45.6 Å². The number of aryl methyl sites for hydroxylation is 1. The molecular weight excluding hydrogens is 294 g/mol. The second-order valence-electron chi connectivity index (χ2n) is 6.04. The van der Waals surface area contributed by atoms with E-state index in [1.165, 1.54) is 0 Å². The van der Waals surface area contributed by atoms with Gasteiger partial charge in [0.25, 0.3) is 0 Å². The predicted molar refractivity (Wildman–Crippen MR) is 85.5 cm³/mol. The summed E-state index contributed by atoms with van der Waals surface area (Å²) in [6.45, 7) is 8.45. The third-order valence-electron chi connectivity index (χ3n) is 3.90. The molecule has 0 amide bonds. The molecule has 0 N–H and O–H groups in total. The normalized spacial score (nSPS) is 18.6. The Kier molecular flexibility index (Phi) is 4.85. The van der Waals surface area contributed by atoms with E-state index in [0.29, 0.717) is 30.7 Å². The highest BCUT2D eigenvalue weighted by Gasteiger charge is 2.24. The SMILES string of the molecule is CCc1nc(CC2CN(c3nccc(C(C)C)n3)CCO2)no1. The molecular formula is C16H23N5O2. The molecule has 0 aromatic carbocycles. The maximum atomic E-state index is 5.84. The van der Waals surface area contributed by atoms with E-state index >= 15 is 0 Å². The van der Waals surface area contributed by atoms with Gasteiger partial charge in [0.1, 0.15) is 0 Å². The van der Waals surface area contributed by atoms with Gasteiger partial charge < -0.3 is 14.2 Å². The van der Waals surface area contributed by atoms with Crippen LogP contribution in [0.15, 0.2) is 16.8 Å². The van der Waals surface area contributed by atoms with E-state index in [4.69, 9.17) is 9.26 Å². The summed E-state index contributed by atoms with van der Waals surface area (Å²) in [5.41, 5.74) is 1.06. The Bertz CT molecular complexity index is 643. The van der Waals surface area contributed by atoms with E-state index in [-0.39, 0.29) is 6.10 Å². The zero-order chi connectivity index (χ0) is 16.2. The molecule has 23 heavy (non-hydrogen) atoms. The lowest BCUT2D eigenvalue weighted by Gasteiger charge is -2.32. The van der Waals surface area contributed by atoms with Crippen LogP contribution >= 0.6 is 0 Å². The Hall–Kier alpha value is -2.02. The van der Waals surface area contributed by atoms with Crippen molar-refractivity contribution >= 4 is 5.95 Å². The maximum absolute atomic E-state index is 5.84. The van der Waals surface area contributed by atoms with Crippen molar-refractivity contribution in [3.8, 4) is 0 Å². The van der Waals surface area contributed by atoms with Crippen LogP contribution in [-0.4, -0.2) is 45.9 Å². The van der Waals surface area contributed by atoms with Gasteiger partial charge in [-0.3, -0.25) is 0 Å². The number of morpholine rings is 1. The van der Waals surface area contributed by atoms with Gasteiger partial charge in [-0.15, -0.1) is 0 Å². The first kappa shape index (κ1) is 15.9. The van der Waals surface area contributed by atoms with Crippen molar-refractivity contribution < 1.29 is 9.26 Å². The van der Waals surface area contributed by atoms with Gasteiger partial charge in [0.05, 0.1) is 12.7 Å². The minimum absolute atomic E-state index is 0.0253. The molecule has 3 heterocycles. The summed E-state index contributed by atoms with van der Waals surface area (Å²) >= 11 is 0. The zero-order valence-electron chi connectivity index (χ0n) is 13.9. The Labute approximate surface area is 136 Å². The lowest BCUT2D eigenvalue weighted by Crippen LogP contribution is -2.44. The fraction of sp³-hybridized carbons (Fsp3) is 0.625. The second kappa shape index (κ2) is 7.04. The quantitative estimate of drug-likeness (QED) is 0.834. The van der Waals surface area contributed by atoms with E-state index in [1.807, 2.05) is 19.2 Å². The largest absolute Gasteiger partial charge is 0.374 e. The van der Waals surface area contributed by atoms with E-state index < -0.39 is 0 Å². The molecule has 0 bridgehead atoms. The second-order valence-corrected chi connectivity index (χ2v) is 6.04. The van der Waals surface area contributed by atoms with Gasteiger partial charge in [-0.05, 0) is 12.0 Å². The number of anilines is 1. The molecule has 0 radical (unpaired) electrons. The van der Waals surface area contributed by atoms with Crippen molar-refractivity contribution in [2.75, 3.05) is 24.6 Å². The molecule has 1 saturated heterocycles. The van der Waals surface area contributed by atoms with Crippen LogP contribution in [0.2, 0.25) is 0 Å². The highest BCUT2D eigenvalue weighted by molar-refractivity contribution is 5.32. The molecule has 3 rings (SSSR count). The molecule has 124 valence electrons. The lowest BCUT2D eigenvalue weighted by atomic mass is 10.1. The number of hydrogen-bond acceptors (Lipinski definition) is 7. The third kappa shape index (κ3) is 3.85. The smallest absolute Gasteiger partial charge is 0.226 e. The van der Waals surface area contributed by atoms with Gasteiger partial charge in [-0.1, -0.05) is 25.9 Å². The van der Waals surface area contributed by atoms with Crippen LogP contribution in [0.1, 0.15) is 44.1 Å². The lowest BCUT2D eigenvalue weighted by molar-refractivity contribution is 0.0389. The maximum Gasteiger partial charge on any atom is 0.226 e. The zero-order valence-corrected chi connectivity index (χ0v) is 13.9. The molecule has 0 saturated carbocycles. The summed E-state index contributed by atoms with van der Waals surface area (Å²) in [5.74, 6) is 2.53. The summed E-state index contributed by atoms with van der Waals surface area (Å²) < 4.78 is 11.0. The average Bonchev–Trinajstić information content (AvgIpc) is 3.03. The number of nitrogens with zero attached hydrogens (tertiary/aromatic N) is 5. The van der Waals surface area contributed by atoms with Crippen LogP contribution in [0.4, 0.5) is 5.95 Å². The average molecular weight is 317 g/mol. The van der Waals surface area contributed by atoms with Gasteiger partial charge in [0, 0.05) is 37.8 Å². The van der Waals surface area contributed by atoms with E-state index in [0.717, 1.165) is 31.2 Å². The molecule has 2 aromatic heterocycles. The molecule has 1 unspecified atom stereocenters. The Morgan fingerprint density at radius 2 is 2.22 bits per heavy atom. The van der Waals surface area contributed by atoms with Crippen LogP contribution in [0.3, 0.4) is 0 Å². The Morgan fingerprint density at radius 3 is 2.96 bits per heavy atom. The van der Waals surface area contributed by atoms with Crippen molar-refractivity contribution in [1.29, 1.82) is 0 Å². The molecule has 1 aliphatic heterocycles. The van der Waals surface area contributed by atoms with E-state index in [1.54, 1.807) is 0 Å². The number of hydrogen-bond donors (Lipinski definition) is 0. The molecule has 2 aromatic rings. The minimum Gasteiger partial charge on any atom is -0.374 e. The minimum atomic E-state index is 0.0253. The molecule has 0 spiro atoms. The van der Waals surface area contributed by atoms with Crippen molar-refractivity contribution in [1.82, 2.24) is 20.1 Å². The van der Waals surface area contributed by atoms with Crippen molar-refractivity contribution in [3.05, 3.63) is 29.7 Å². The predicted octanol–water partition coefficient (Wildman–Crippen LogP) is 1.99. The fourth-order valence-electron chi connectivity index (χ4n) is 2.58. The van der Waals surface area contributed by atoms with Crippen LogP contribution in [0, 0.1) is 0 Å². The van der Waals surface area contributed by atoms with Crippen LogP contribution in [-0.2, 0) is 17.6 Å². The standard InChI is InChI=1S/C16H23N5O2/c1-4-15-19-14(20-23-15)9-12-10-21(7-8-22-12)16-17-6-5-13(18-16)11(2)3/h5-6,11-12H,4,7-10H2,1-3H3. The van der Waals surface area contributed by atoms with Gasteiger partial charge in [0.15, 0.2) is 5.82 Å². The van der Waals surface area contributed by atoms with Gasteiger partial charge in [-0.25, -0.2) is 9.97 Å². The van der Waals surface area contributed by atoms with Crippen LogP contribution < -0.4 is 4.90 Å². The highest BCUT2D eigenvalue weighted by atomic mass is 16.5. The Morgan fingerprint density at radius 1 is 1.35 bits per heavy atom. The fourth-order valence-corrected chi connectivity index (χ4v) is 2.58. The first-order valence-corrected chi connectivity index (χ1v) is 8.16. The number of ether oxygens (including phenoxy) is 1.